The number of halogens is 2. The summed E-state index contributed by atoms with van der Waals surface area (Å²) in [5.74, 6) is 2.01. The van der Waals surface area contributed by atoms with Gasteiger partial charge in [0, 0.05) is 30.6 Å². The van der Waals surface area contributed by atoms with Gasteiger partial charge in [0.25, 0.3) is 0 Å². The third kappa shape index (κ3) is 3.84. The van der Waals surface area contributed by atoms with E-state index in [-0.39, 0.29) is 0 Å². The minimum Gasteiger partial charge on any atom is -0.454 e. The summed E-state index contributed by atoms with van der Waals surface area (Å²) in [6, 6.07) is 5.00. The third-order valence-electron chi connectivity index (χ3n) is 2.52. The Hall–Kier alpha value is -2.37. The fourth-order valence-corrected chi connectivity index (χ4v) is 2.01. The first-order valence-corrected chi connectivity index (χ1v) is 6.96. The van der Waals surface area contributed by atoms with Crippen molar-refractivity contribution in [3.8, 4) is 23.0 Å². The molecule has 5 nitrogen and oxygen atoms in total. The molecule has 7 heteroatoms. The summed E-state index contributed by atoms with van der Waals surface area (Å²) in [6.07, 6.45) is 9.28. The molecule has 0 fully saturated rings. The lowest BCUT2D eigenvalue weighted by Crippen LogP contribution is -1.90. The number of hydrogen-bond donors (Lipinski definition) is 0. The van der Waals surface area contributed by atoms with E-state index >= 15 is 0 Å². The number of pyridine rings is 3. The van der Waals surface area contributed by atoms with Crippen LogP contribution in [0.3, 0.4) is 0 Å². The van der Waals surface area contributed by atoms with Gasteiger partial charge >= 0.3 is 0 Å². The highest BCUT2D eigenvalue weighted by molar-refractivity contribution is 6.30. The van der Waals surface area contributed by atoms with Gasteiger partial charge in [-0.2, -0.15) is 0 Å². The highest BCUT2D eigenvalue weighted by atomic mass is 35.5. The highest BCUT2D eigenvalue weighted by Crippen LogP contribution is 2.28. The maximum Gasteiger partial charge on any atom is 0.149 e. The molecule has 0 unspecified atom stereocenters. The average Bonchev–Trinajstić information content (AvgIpc) is 2.47. The normalized spacial score (nSPS) is 10.3. The minimum atomic E-state index is 0.489. The van der Waals surface area contributed by atoms with E-state index in [1.807, 2.05) is 0 Å². The van der Waals surface area contributed by atoms with Crippen molar-refractivity contribution in [2.45, 2.75) is 0 Å². The Morgan fingerprint density at radius 3 is 1.32 bits per heavy atom. The summed E-state index contributed by atoms with van der Waals surface area (Å²) >= 11 is 11.7. The van der Waals surface area contributed by atoms with Crippen molar-refractivity contribution in [3.05, 3.63) is 65.4 Å². The van der Waals surface area contributed by atoms with Gasteiger partial charge in [-0.3, -0.25) is 15.0 Å². The predicted molar refractivity (Wildman–Crippen MR) is 82.9 cm³/mol. The number of hydrogen-bond acceptors (Lipinski definition) is 5. The van der Waals surface area contributed by atoms with Gasteiger partial charge in [0.15, 0.2) is 0 Å². The van der Waals surface area contributed by atoms with E-state index in [1.165, 1.54) is 12.4 Å². The maximum atomic E-state index is 5.86. The molecule has 0 saturated carbocycles. The first-order chi connectivity index (χ1) is 10.7. The molecule has 0 bridgehead atoms. The van der Waals surface area contributed by atoms with Gasteiger partial charge in [0.1, 0.15) is 23.0 Å². The van der Waals surface area contributed by atoms with Crippen LogP contribution < -0.4 is 9.47 Å². The molecule has 0 amide bonds. The Bertz CT molecular complexity index is 736. The molecular formula is C15H9Cl2N3O2. The Morgan fingerprint density at radius 2 is 0.909 bits per heavy atom. The van der Waals surface area contributed by atoms with Crippen LogP contribution in [0.25, 0.3) is 0 Å². The van der Waals surface area contributed by atoms with Crippen molar-refractivity contribution in [3.63, 3.8) is 0 Å². The molecule has 0 spiro atoms. The summed E-state index contributed by atoms with van der Waals surface area (Å²) in [6.45, 7) is 0. The van der Waals surface area contributed by atoms with Crippen molar-refractivity contribution in [2.75, 3.05) is 0 Å². The Morgan fingerprint density at radius 1 is 0.545 bits per heavy atom. The standard InChI is InChI=1S/C15H9Cl2N3O2/c16-10-1-12(6-18-4-10)21-14-3-15(9-20-8-14)22-13-2-11(17)5-19-7-13/h1-9H. The minimum absolute atomic E-state index is 0.489. The molecular weight excluding hydrogens is 325 g/mol. The van der Waals surface area contributed by atoms with E-state index in [0.29, 0.717) is 33.0 Å². The second kappa shape index (κ2) is 6.60. The van der Waals surface area contributed by atoms with Gasteiger partial charge in [0.05, 0.1) is 34.8 Å². The fourth-order valence-electron chi connectivity index (χ4n) is 1.68. The SMILES string of the molecule is Clc1cncc(Oc2cncc(Oc3cncc(Cl)c3)c2)c1. The van der Waals surface area contributed by atoms with Crippen molar-refractivity contribution in [1.82, 2.24) is 15.0 Å². The molecule has 3 heterocycles. The maximum absolute atomic E-state index is 5.86. The monoisotopic (exact) mass is 333 g/mol. The van der Waals surface area contributed by atoms with Crippen molar-refractivity contribution in [2.24, 2.45) is 0 Å². The van der Waals surface area contributed by atoms with Crippen LogP contribution in [0.5, 0.6) is 23.0 Å². The summed E-state index contributed by atoms with van der Waals surface area (Å²) in [7, 11) is 0. The Labute approximate surface area is 136 Å². The molecule has 3 rings (SSSR count). The zero-order valence-electron chi connectivity index (χ0n) is 11.1. The number of rotatable bonds is 4. The topological polar surface area (TPSA) is 57.1 Å². The quantitative estimate of drug-likeness (QED) is 0.688. The molecule has 3 aromatic heterocycles. The number of nitrogens with zero attached hydrogens (tertiary/aromatic N) is 3. The van der Waals surface area contributed by atoms with Gasteiger partial charge in [-0.1, -0.05) is 23.2 Å². The van der Waals surface area contributed by atoms with Crippen LogP contribution in [0.2, 0.25) is 10.0 Å². The molecule has 3 aromatic rings. The molecule has 0 saturated heterocycles. The summed E-state index contributed by atoms with van der Waals surface area (Å²) in [5, 5.41) is 0.978. The van der Waals surface area contributed by atoms with E-state index in [4.69, 9.17) is 32.7 Å². The van der Waals surface area contributed by atoms with E-state index < -0.39 is 0 Å². The van der Waals surface area contributed by atoms with Crippen LogP contribution in [0.1, 0.15) is 0 Å². The Kier molecular flexibility index (Phi) is 4.37. The molecule has 0 atom stereocenters. The van der Waals surface area contributed by atoms with Gasteiger partial charge in [-0.25, -0.2) is 0 Å². The summed E-state index contributed by atoms with van der Waals surface area (Å²) in [4.78, 5) is 12.0. The van der Waals surface area contributed by atoms with Crippen LogP contribution >= 0.6 is 23.2 Å². The zero-order valence-corrected chi connectivity index (χ0v) is 12.6. The van der Waals surface area contributed by atoms with Crippen LogP contribution in [-0.2, 0) is 0 Å². The molecule has 0 aliphatic rings. The lowest BCUT2D eigenvalue weighted by atomic mass is 10.4. The van der Waals surface area contributed by atoms with Crippen molar-refractivity contribution < 1.29 is 9.47 Å². The van der Waals surface area contributed by atoms with Crippen molar-refractivity contribution in [1.29, 1.82) is 0 Å². The second-order valence-electron chi connectivity index (χ2n) is 4.24. The van der Waals surface area contributed by atoms with E-state index in [9.17, 15) is 0 Å². The molecule has 0 aliphatic heterocycles. The number of aromatic nitrogens is 3. The van der Waals surface area contributed by atoms with Gasteiger partial charge in [-0.05, 0) is 0 Å². The molecule has 22 heavy (non-hydrogen) atoms. The number of ether oxygens (including phenoxy) is 2. The lowest BCUT2D eigenvalue weighted by Gasteiger charge is -2.08. The first-order valence-electron chi connectivity index (χ1n) is 6.21. The molecule has 0 N–H and O–H groups in total. The van der Waals surface area contributed by atoms with Crippen LogP contribution in [0.15, 0.2) is 55.4 Å². The molecule has 0 radical (unpaired) electrons. The zero-order chi connectivity index (χ0) is 15.4. The highest BCUT2D eigenvalue weighted by Gasteiger charge is 2.04. The van der Waals surface area contributed by atoms with Gasteiger partial charge in [0.2, 0.25) is 0 Å². The predicted octanol–water partition coefficient (Wildman–Crippen LogP) is 4.76. The fraction of sp³-hybridized carbons (Fsp3) is 0. The van der Waals surface area contributed by atoms with E-state index in [2.05, 4.69) is 15.0 Å². The van der Waals surface area contributed by atoms with Crippen LogP contribution in [0.4, 0.5) is 0 Å². The van der Waals surface area contributed by atoms with Gasteiger partial charge in [-0.15, -0.1) is 0 Å². The Balaban J connectivity index is 1.78. The third-order valence-corrected chi connectivity index (χ3v) is 2.93. The van der Waals surface area contributed by atoms with Gasteiger partial charge < -0.3 is 9.47 Å². The first kappa shape index (κ1) is 14.6. The van der Waals surface area contributed by atoms with E-state index in [1.54, 1.807) is 43.0 Å². The average molecular weight is 334 g/mol. The smallest absolute Gasteiger partial charge is 0.149 e. The molecule has 110 valence electrons. The summed E-state index contributed by atoms with van der Waals surface area (Å²) < 4.78 is 11.3. The van der Waals surface area contributed by atoms with Crippen LogP contribution in [0, 0.1) is 0 Å². The van der Waals surface area contributed by atoms with E-state index in [0.717, 1.165) is 0 Å². The molecule has 0 aliphatic carbocycles. The summed E-state index contributed by atoms with van der Waals surface area (Å²) in [5.41, 5.74) is 0. The lowest BCUT2D eigenvalue weighted by molar-refractivity contribution is 0.454. The molecule has 0 aromatic carbocycles. The van der Waals surface area contributed by atoms with Crippen LogP contribution in [-0.4, -0.2) is 15.0 Å². The largest absolute Gasteiger partial charge is 0.454 e. The van der Waals surface area contributed by atoms with Crippen molar-refractivity contribution >= 4 is 23.2 Å². The second-order valence-corrected chi connectivity index (χ2v) is 5.11.